The molecule has 0 unspecified atom stereocenters. The predicted molar refractivity (Wildman–Crippen MR) is 147 cm³/mol. The van der Waals surface area contributed by atoms with E-state index in [1.54, 1.807) is 0 Å². The molecule has 1 N–H and O–H groups in total. The molecule has 7 heteroatoms. The normalized spacial score (nSPS) is 11.1. The van der Waals surface area contributed by atoms with Gasteiger partial charge in [-0.25, -0.2) is 4.98 Å². The van der Waals surface area contributed by atoms with E-state index < -0.39 is 0 Å². The molecule has 36 heavy (non-hydrogen) atoms. The number of nitrogens with one attached hydrogen (secondary N) is 1. The molecule has 0 atom stereocenters. The number of pyridine rings is 1. The van der Waals surface area contributed by atoms with Crippen molar-refractivity contribution in [3.8, 4) is 22.6 Å². The van der Waals surface area contributed by atoms with Crippen LogP contribution in [0, 0.1) is 13.8 Å². The van der Waals surface area contributed by atoms with Crippen LogP contribution in [0.3, 0.4) is 0 Å². The van der Waals surface area contributed by atoms with E-state index in [9.17, 15) is 4.79 Å². The van der Waals surface area contributed by atoms with Crippen LogP contribution in [0.1, 0.15) is 18.1 Å². The van der Waals surface area contributed by atoms with Crippen LogP contribution in [-0.2, 0) is 11.3 Å². The van der Waals surface area contributed by atoms with Gasteiger partial charge in [0.2, 0.25) is 5.91 Å². The fraction of sp³-hybridized carbons (Fsp3) is 0.172. The molecule has 3 aromatic carbocycles. The Bertz CT molecular complexity index is 1540. The number of hydrogen-bond acceptors (Lipinski definition) is 5. The summed E-state index contributed by atoms with van der Waals surface area (Å²) in [4.78, 5) is 17.5. The van der Waals surface area contributed by atoms with Gasteiger partial charge in [0.1, 0.15) is 0 Å². The third kappa shape index (κ3) is 4.88. The average molecular weight is 494 g/mol. The molecular formula is C29H27N5OS. The zero-order valence-electron chi connectivity index (χ0n) is 20.5. The molecule has 5 aromatic rings. The summed E-state index contributed by atoms with van der Waals surface area (Å²) in [7, 11) is 0. The summed E-state index contributed by atoms with van der Waals surface area (Å²) in [5.41, 5.74) is 6.96. The number of amides is 1. The second kappa shape index (κ2) is 10.3. The van der Waals surface area contributed by atoms with Crippen molar-refractivity contribution >= 4 is 34.3 Å². The van der Waals surface area contributed by atoms with Crippen LogP contribution >= 0.6 is 11.8 Å². The van der Waals surface area contributed by atoms with Gasteiger partial charge in [-0.05, 0) is 56.2 Å². The molecule has 0 fully saturated rings. The number of fused-ring (bicyclic) bond motifs is 1. The lowest BCUT2D eigenvalue weighted by Gasteiger charge is -2.12. The van der Waals surface area contributed by atoms with Crippen LogP contribution in [0.25, 0.3) is 33.5 Å². The number of carbonyl (C=O) groups is 1. The van der Waals surface area contributed by atoms with Crippen LogP contribution < -0.4 is 5.32 Å². The van der Waals surface area contributed by atoms with Gasteiger partial charge in [-0.2, -0.15) is 0 Å². The van der Waals surface area contributed by atoms with Gasteiger partial charge in [-0.15, -0.1) is 10.2 Å². The number of hydrogen-bond donors (Lipinski definition) is 1. The first-order valence-corrected chi connectivity index (χ1v) is 12.9. The second-order valence-corrected chi connectivity index (χ2v) is 9.57. The van der Waals surface area contributed by atoms with Gasteiger partial charge in [-0.3, -0.25) is 4.79 Å². The largest absolute Gasteiger partial charge is 0.325 e. The quantitative estimate of drug-likeness (QED) is 0.261. The number of rotatable bonds is 7. The number of aromatic nitrogens is 4. The summed E-state index contributed by atoms with van der Waals surface area (Å²) in [6.45, 7) is 6.84. The van der Waals surface area contributed by atoms with Gasteiger partial charge in [-0.1, -0.05) is 66.4 Å². The summed E-state index contributed by atoms with van der Waals surface area (Å²) >= 11 is 1.39. The molecule has 2 aromatic heterocycles. The minimum Gasteiger partial charge on any atom is -0.325 e. The summed E-state index contributed by atoms with van der Waals surface area (Å²) in [5.74, 6) is 0.943. The Balaban J connectivity index is 1.44. The molecule has 5 rings (SSSR count). The van der Waals surface area contributed by atoms with Crippen LogP contribution in [0.15, 0.2) is 84.0 Å². The first-order chi connectivity index (χ1) is 17.5. The molecule has 0 aliphatic rings. The Morgan fingerprint density at radius 1 is 0.917 bits per heavy atom. The molecule has 0 saturated carbocycles. The molecule has 0 radical (unpaired) electrons. The minimum atomic E-state index is -0.0730. The lowest BCUT2D eigenvalue weighted by atomic mass is 10.0. The molecule has 0 saturated heterocycles. The third-order valence-electron chi connectivity index (χ3n) is 6.18. The number of thioether (sulfide) groups is 1. The van der Waals surface area contributed by atoms with E-state index in [2.05, 4.69) is 58.2 Å². The Hall–Kier alpha value is -3.97. The molecule has 2 heterocycles. The summed E-state index contributed by atoms with van der Waals surface area (Å²) < 4.78 is 2.06. The molecule has 1 amide bonds. The van der Waals surface area contributed by atoms with Crippen molar-refractivity contribution in [2.24, 2.45) is 0 Å². The summed E-state index contributed by atoms with van der Waals surface area (Å²) in [5, 5.41) is 13.7. The second-order valence-electron chi connectivity index (χ2n) is 8.62. The smallest absolute Gasteiger partial charge is 0.234 e. The predicted octanol–water partition coefficient (Wildman–Crippen LogP) is 6.53. The highest BCUT2D eigenvalue weighted by Gasteiger charge is 2.18. The van der Waals surface area contributed by atoms with Crippen LogP contribution in [0.5, 0.6) is 0 Å². The highest BCUT2D eigenvalue weighted by atomic mass is 32.2. The van der Waals surface area contributed by atoms with E-state index in [-0.39, 0.29) is 11.7 Å². The zero-order valence-corrected chi connectivity index (χ0v) is 21.3. The molecule has 0 aliphatic heterocycles. The first-order valence-electron chi connectivity index (χ1n) is 11.9. The van der Waals surface area contributed by atoms with E-state index >= 15 is 0 Å². The van der Waals surface area contributed by atoms with Gasteiger partial charge < -0.3 is 9.88 Å². The van der Waals surface area contributed by atoms with E-state index in [1.165, 1.54) is 17.3 Å². The number of carbonyl (C=O) groups excluding carboxylic acids is 1. The van der Waals surface area contributed by atoms with E-state index in [0.717, 1.165) is 44.8 Å². The molecule has 0 spiro atoms. The van der Waals surface area contributed by atoms with Crippen LogP contribution in [0.4, 0.5) is 5.69 Å². The number of anilines is 1. The van der Waals surface area contributed by atoms with Crippen LogP contribution in [0.2, 0.25) is 0 Å². The van der Waals surface area contributed by atoms with Crippen molar-refractivity contribution in [2.45, 2.75) is 32.5 Å². The maximum Gasteiger partial charge on any atom is 0.234 e. The summed E-state index contributed by atoms with van der Waals surface area (Å²) in [6, 6.07) is 26.2. The van der Waals surface area contributed by atoms with E-state index in [4.69, 9.17) is 4.98 Å². The minimum absolute atomic E-state index is 0.0730. The van der Waals surface area contributed by atoms with Gasteiger partial charge in [0.15, 0.2) is 11.0 Å². The third-order valence-corrected chi connectivity index (χ3v) is 7.15. The van der Waals surface area contributed by atoms with Gasteiger partial charge >= 0.3 is 0 Å². The number of nitrogens with zero attached hydrogens (tertiary/aromatic N) is 4. The van der Waals surface area contributed by atoms with Crippen molar-refractivity contribution in [1.82, 2.24) is 19.7 Å². The highest BCUT2D eigenvalue weighted by Crippen LogP contribution is 2.33. The fourth-order valence-electron chi connectivity index (χ4n) is 4.14. The van der Waals surface area contributed by atoms with Crippen molar-refractivity contribution < 1.29 is 4.79 Å². The zero-order chi connectivity index (χ0) is 25.1. The average Bonchev–Trinajstić information content (AvgIpc) is 3.32. The van der Waals surface area contributed by atoms with E-state index in [0.29, 0.717) is 11.7 Å². The van der Waals surface area contributed by atoms with Crippen molar-refractivity contribution in [1.29, 1.82) is 0 Å². The summed E-state index contributed by atoms with van der Waals surface area (Å²) in [6.07, 6.45) is 0. The Morgan fingerprint density at radius 2 is 1.69 bits per heavy atom. The molecule has 180 valence electrons. The SMILES string of the molecule is CCn1c(SCC(=O)Nc2ccc(C)c(C)c2)nnc1-c1cc(-c2ccccc2)nc2ccccc12. The molecule has 0 aliphatic carbocycles. The Labute approximate surface area is 214 Å². The Morgan fingerprint density at radius 3 is 2.47 bits per heavy atom. The lowest BCUT2D eigenvalue weighted by molar-refractivity contribution is -0.113. The van der Waals surface area contributed by atoms with Crippen molar-refractivity contribution in [3.63, 3.8) is 0 Å². The van der Waals surface area contributed by atoms with E-state index in [1.807, 2.05) is 61.5 Å². The number of benzene rings is 3. The molecular weight excluding hydrogens is 466 g/mol. The molecule has 6 nitrogen and oxygen atoms in total. The van der Waals surface area contributed by atoms with Crippen molar-refractivity contribution in [2.75, 3.05) is 11.1 Å². The van der Waals surface area contributed by atoms with Gasteiger partial charge in [0.05, 0.1) is 17.0 Å². The van der Waals surface area contributed by atoms with Crippen molar-refractivity contribution in [3.05, 3.63) is 90.0 Å². The Kier molecular flexibility index (Phi) is 6.82. The van der Waals surface area contributed by atoms with Crippen LogP contribution in [-0.4, -0.2) is 31.4 Å². The monoisotopic (exact) mass is 493 g/mol. The maximum absolute atomic E-state index is 12.6. The standard InChI is InChI=1S/C29H27N5OS/c1-4-34-28(32-33-29(34)36-18-27(35)30-22-15-14-19(2)20(3)16-22)24-17-26(21-10-6-5-7-11-21)31-25-13-9-8-12-23(24)25/h5-17H,4,18H2,1-3H3,(H,30,35). The number of para-hydroxylation sites is 1. The lowest BCUT2D eigenvalue weighted by Crippen LogP contribution is -2.14. The fourth-order valence-corrected chi connectivity index (χ4v) is 4.95. The highest BCUT2D eigenvalue weighted by molar-refractivity contribution is 7.99. The van der Waals surface area contributed by atoms with Gasteiger partial charge in [0, 0.05) is 28.7 Å². The maximum atomic E-state index is 12.6. The topological polar surface area (TPSA) is 72.7 Å². The number of aryl methyl sites for hydroxylation is 2. The first kappa shape index (κ1) is 23.8. The van der Waals surface area contributed by atoms with Gasteiger partial charge in [0.25, 0.3) is 0 Å². The molecule has 0 bridgehead atoms.